The lowest BCUT2D eigenvalue weighted by Gasteiger charge is -2.21. The molecule has 0 bridgehead atoms. The summed E-state index contributed by atoms with van der Waals surface area (Å²) < 4.78 is 10.1. The molecule has 3 rings (SSSR count). The van der Waals surface area contributed by atoms with Crippen LogP contribution < -0.4 is 4.74 Å². The highest BCUT2D eigenvalue weighted by Gasteiger charge is 2.31. The van der Waals surface area contributed by atoms with Crippen LogP contribution in [0.1, 0.15) is 30.2 Å². The van der Waals surface area contributed by atoms with E-state index in [1.165, 1.54) is 24.5 Å². The minimum Gasteiger partial charge on any atom is -0.496 e. The van der Waals surface area contributed by atoms with Gasteiger partial charge >= 0.3 is 5.97 Å². The molecule has 7 heteroatoms. The number of ketones is 3. The Morgan fingerprint density at radius 2 is 1.87 bits per heavy atom. The van der Waals surface area contributed by atoms with Gasteiger partial charge in [0.2, 0.25) is 5.78 Å². The summed E-state index contributed by atoms with van der Waals surface area (Å²) in [6, 6.07) is 10.9. The minimum absolute atomic E-state index is 0.0275. The van der Waals surface area contributed by atoms with Gasteiger partial charge in [0.15, 0.2) is 11.6 Å². The van der Waals surface area contributed by atoms with Crippen LogP contribution in [0.15, 0.2) is 53.4 Å². The summed E-state index contributed by atoms with van der Waals surface area (Å²) in [5, 5.41) is 1.91. The van der Waals surface area contributed by atoms with Crippen molar-refractivity contribution in [3.8, 4) is 5.75 Å². The van der Waals surface area contributed by atoms with Crippen LogP contribution in [0, 0.1) is 0 Å². The second kappa shape index (κ2) is 9.45. The van der Waals surface area contributed by atoms with Crippen molar-refractivity contribution in [3.63, 3.8) is 0 Å². The van der Waals surface area contributed by atoms with Crippen LogP contribution in [0.5, 0.6) is 5.75 Å². The first-order valence-electron chi connectivity index (χ1n) is 9.34. The maximum atomic E-state index is 13.0. The lowest BCUT2D eigenvalue weighted by atomic mass is 9.83. The Labute approximate surface area is 177 Å². The predicted octanol–water partition coefficient (Wildman–Crippen LogP) is 3.66. The normalized spacial score (nSPS) is 13.7. The van der Waals surface area contributed by atoms with E-state index in [4.69, 9.17) is 4.74 Å². The molecule has 0 spiro atoms. The molecular formula is C23H20O6S. The second-order valence-electron chi connectivity index (χ2n) is 6.49. The van der Waals surface area contributed by atoms with Crippen LogP contribution in [-0.4, -0.2) is 37.0 Å². The van der Waals surface area contributed by atoms with Gasteiger partial charge in [-0.2, -0.15) is 0 Å². The van der Waals surface area contributed by atoms with Crippen molar-refractivity contribution in [3.05, 3.63) is 63.9 Å². The summed E-state index contributed by atoms with van der Waals surface area (Å²) in [7, 11) is 1.51. The maximum Gasteiger partial charge on any atom is 0.375 e. The van der Waals surface area contributed by atoms with E-state index in [1.54, 1.807) is 31.2 Å². The van der Waals surface area contributed by atoms with Crippen molar-refractivity contribution in [2.45, 2.75) is 19.8 Å². The summed E-state index contributed by atoms with van der Waals surface area (Å²) in [5.41, 5.74) is 1.76. The number of carbonyl (C=O) groups is 4. The van der Waals surface area contributed by atoms with Gasteiger partial charge in [0, 0.05) is 16.9 Å². The largest absolute Gasteiger partial charge is 0.496 e. The van der Waals surface area contributed by atoms with Gasteiger partial charge in [0.1, 0.15) is 5.75 Å². The fourth-order valence-corrected chi connectivity index (χ4v) is 4.02. The quantitative estimate of drug-likeness (QED) is 0.278. The SMILES string of the molecule is CCOC(=O)C(=O)CC(=O)C1=C(c2ccccc2OC)CC(c2cccs2)=CC1=O. The van der Waals surface area contributed by atoms with E-state index in [-0.39, 0.29) is 12.2 Å². The number of esters is 1. The topological polar surface area (TPSA) is 86.7 Å². The molecule has 0 unspecified atom stereocenters. The Morgan fingerprint density at radius 1 is 1.10 bits per heavy atom. The van der Waals surface area contributed by atoms with Gasteiger partial charge in [-0.05, 0) is 41.7 Å². The first kappa shape index (κ1) is 21.4. The van der Waals surface area contributed by atoms with Gasteiger partial charge in [0.25, 0.3) is 0 Å². The van der Waals surface area contributed by atoms with Crippen molar-refractivity contribution < 1.29 is 28.7 Å². The van der Waals surface area contributed by atoms with Gasteiger partial charge in [-0.15, -0.1) is 11.3 Å². The number of carbonyl (C=O) groups excluding carboxylic acids is 4. The highest BCUT2D eigenvalue weighted by Crippen LogP contribution is 2.40. The van der Waals surface area contributed by atoms with Crippen molar-refractivity contribution in [2.75, 3.05) is 13.7 Å². The lowest BCUT2D eigenvalue weighted by Crippen LogP contribution is -2.25. The molecule has 1 heterocycles. The summed E-state index contributed by atoms with van der Waals surface area (Å²) >= 11 is 1.49. The van der Waals surface area contributed by atoms with E-state index in [0.717, 1.165) is 10.5 Å². The van der Waals surface area contributed by atoms with Gasteiger partial charge < -0.3 is 9.47 Å². The van der Waals surface area contributed by atoms with E-state index in [1.807, 2.05) is 17.5 Å². The van der Waals surface area contributed by atoms with E-state index < -0.39 is 29.7 Å². The number of thiophene rings is 1. The monoisotopic (exact) mass is 424 g/mol. The number of hydrogen-bond donors (Lipinski definition) is 0. The molecule has 0 amide bonds. The Kier molecular flexibility index (Phi) is 6.74. The number of allylic oxidation sites excluding steroid dienone is 4. The molecule has 30 heavy (non-hydrogen) atoms. The van der Waals surface area contributed by atoms with E-state index >= 15 is 0 Å². The molecule has 6 nitrogen and oxygen atoms in total. The number of methoxy groups -OCH3 is 1. The van der Waals surface area contributed by atoms with Crippen molar-refractivity contribution >= 4 is 45.8 Å². The minimum atomic E-state index is -1.08. The molecule has 0 atom stereocenters. The van der Waals surface area contributed by atoms with Gasteiger partial charge in [-0.25, -0.2) is 4.79 Å². The summed E-state index contributed by atoms with van der Waals surface area (Å²) in [4.78, 5) is 50.5. The maximum absolute atomic E-state index is 13.0. The van der Waals surface area contributed by atoms with E-state index in [0.29, 0.717) is 23.3 Å². The zero-order valence-corrected chi connectivity index (χ0v) is 17.4. The Hall–Kier alpha value is -3.32. The molecule has 1 aliphatic rings. The fraction of sp³-hybridized carbons (Fsp3) is 0.217. The van der Waals surface area contributed by atoms with Crippen molar-refractivity contribution in [2.24, 2.45) is 0 Å². The van der Waals surface area contributed by atoms with Crippen LogP contribution in [-0.2, 0) is 23.9 Å². The Morgan fingerprint density at radius 3 is 2.53 bits per heavy atom. The fourth-order valence-electron chi connectivity index (χ4n) is 3.28. The third kappa shape index (κ3) is 4.46. The summed E-state index contributed by atoms with van der Waals surface area (Å²) in [6.45, 7) is 1.59. The number of rotatable bonds is 8. The second-order valence-corrected chi connectivity index (χ2v) is 7.43. The average Bonchev–Trinajstić information content (AvgIpc) is 3.28. The highest BCUT2D eigenvalue weighted by molar-refractivity contribution is 7.11. The highest BCUT2D eigenvalue weighted by atomic mass is 32.1. The number of hydrogen-bond acceptors (Lipinski definition) is 7. The van der Waals surface area contributed by atoms with Crippen LogP contribution in [0.3, 0.4) is 0 Å². The zero-order valence-electron chi connectivity index (χ0n) is 16.6. The molecule has 1 aromatic heterocycles. The first-order valence-corrected chi connectivity index (χ1v) is 10.2. The average molecular weight is 424 g/mol. The molecule has 0 fully saturated rings. The number of ether oxygens (including phenoxy) is 2. The van der Waals surface area contributed by atoms with E-state index in [2.05, 4.69) is 4.74 Å². The summed E-state index contributed by atoms with van der Waals surface area (Å²) in [6.07, 6.45) is 1.02. The molecule has 0 saturated heterocycles. The standard InChI is InChI=1S/C23H20O6S/c1-3-29-23(27)19(26)13-18(25)22-16(15-7-4-5-8-20(15)28-2)11-14(12-17(22)24)21-9-6-10-30-21/h4-10,12H,3,11,13H2,1-2H3. The van der Waals surface area contributed by atoms with Crippen LogP contribution in [0.25, 0.3) is 11.1 Å². The Bertz CT molecular complexity index is 1060. The molecule has 1 aromatic carbocycles. The lowest BCUT2D eigenvalue weighted by molar-refractivity contribution is -0.154. The molecule has 0 saturated carbocycles. The summed E-state index contributed by atoms with van der Waals surface area (Å²) in [5.74, 6) is -2.75. The molecule has 2 aromatic rings. The molecule has 154 valence electrons. The van der Waals surface area contributed by atoms with E-state index in [9.17, 15) is 19.2 Å². The van der Waals surface area contributed by atoms with Crippen LogP contribution in [0.2, 0.25) is 0 Å². The number of para-hydroxylation sites is 1. The molecule has 1 aliphatic carbocycles. The van der Waals surface area contributed by atoms with Crippen molar-refractivity contribution in [1.29, 1.82) is 0 Å². The molecule has 0 aliphatic heterocycles. The first-order chi connectivity index (χ1) is 14.5. The molecule has 0 N–H and O–H groups in total. The van der Waals surface area contributed by atoms with Gasteiger partial charge in [-0.1, -0.05) is 24.3 Å². The Balaban J connectivity index is 2.04. The molecule has 0 radical (unpaired) electrons. The van der Waals surface area contributed by atoms with Gasteiger partial charge in [0.05, 0.1) is 25.7 Å². The number of benzene rings is 1. The van der Waals surface area contributed by atoms with Crippen molar-refractivity contribution in [1.82, 2.24) is 0 Å². The van der Waals surface area contributed by atoms with Crippen LogP contribution >= 0.6 is 11.3 Å². The smallest absolute Gasteiger partial charge is 0.375 e. The third-order valence-electron chi connectivity index (χ3n) is 4.59. The third-order valence-corrected chi connectivity index (χ3v) is 5.54. The predicted molar refractivity (Wildman–Crippen MR) is 113 cm³/mol. The van der Waals surface area contributed by atoms with Gasteiger partial charge in [-0.3, -0.25) is 14.4 Å². The molecular weight excluding hydrogens is 404 g/mol. The number of Topliss-reactive ketones (excluding diaryl/α,β-unsaturated/α-hetero) is 2. The zero-order chi connectivity index (χ0) is 21.7. The van der Waals surface area contributed by atoms with Crippen LogP contribution in [0.4, 0.5) is 0 Å².